The zero-order valence-corrected chi connectivity index (χ0v) is 11.3. The highest BCUT2D eigenvalue weighted by Crippen LogP contribution is 2.31. The molecule has 2 aromatic rings. The summed E-state index contributed by atoms with van der Waals surface area (Å²) in [7, 11) is 0. The van der Waals surface area contributed by atoms with Crippen LogP contribution in [0.3, 0.4) is 0 Å². The van der Waals surface area contributed by atoms with Gasteiger partial charge < -0.3 is 4.74 Å². The molecule has 2 heterocycles. The van der Waals surface area contributed by atoms with Crippen molar-refractivity contribution in [2.24, 2.45) is 0 Å². The number of benzene rings is 1. The average molecular weight is 268 g/mol. The van der Waals surface area contributed by atoms with Crippen molar-refractivity contribution >= 4 is 11.7 Å². The fourth-order valence-electron chi connectivity index (χ4n) is 2.36. The molecule has 1 aliphatic rings. The molecule has 1 unspecified atom stereocenters. The molecule has 0 bridgehead atoms. The van der Waals surface area contributed by atoms with Crippen molar-refractivity contribution in [3.05, 3.63) is 54.2 Å². The topological polar surface area (TPSA) is 42.4 Å². The Morgan fingerprint density at radius 1 is 1.30 bits per heavy atom. The lowest BCUT2D eigenvalue weighted by molar-refractivity contribution is -0.118. The highest BCUT2D eigenvalue weighted by Gasteiger charge is 2.28. The maximum atomic E-state index is 12.5. The van der Waals surface area contributed by atoms with E-state index >= 15 is 0 Å². The minimum absolute atomic E-state index is 0.0218. The lowest BCUT2D eigenvalue weighted by Gasteiger charge is -2.32. The van der Waals surface area contributed by atoms with E-state index in [0.29, 0.717) is 24.5 Å². The van der Waals surface area contributed by atoms with Crippen LogP contribution in [0.4, 0.5) is 5.82 Å². The van der Waals surface area contributed by atoms with Gasteiger partial charge in [-0.3, -0.25) is 9.69 Å². The molecule has 0 aliphatic carbocycles. The lowest BCUT2D eigenvalue weighted by atomic mass is 10.1. The predicted octanol–water partition coefficient (Wildman–Crippen LogP) is 2.44. The van der Waals surface area contributed by atoms with Crippen LogP contribution in [0, 0.1) is 0 Å². The van der Waals surface area contributed by atoms with Crippen molar-refractivity contribution in [2.75, 3.05) is 11.4 Å². The SMILES string of the molecule is CC1CN(C(=O)Cc2ccccc2)c2ncccc2O1. The number of rotatable bonds is 2. The number of amides is 1. The van der Waals surface area contributed by atoms with Crippen molar-refractivity contribution in [1.82, 2.24) is 4.98 Å². The Morgan fingerprint density at radius 2 is 2.10 bits per heavy atom. The number of anilines is 1. The number of aromatic nitrogens is 1. The Morgan fingerprint density at radius 3 is 2.90 bits per heavy atom. The zero-order chi connectivity index (χ0) is 13.9. The number of pyridine rings is 1. The molecule has 0 saturated carbocycles. The average Bonchev–Trinajstić information content (AvgIpc) is 2.47. The molecule has 0 saturated heterocycles. The van der Waals surface area contributed by atoms with Gasteiger partial charge in [0.05, 0.1) is 13.0 Å². The predicted molar refractivity (Wildman–Crippen MR) is 76.8 cm³/mol. The molecule has 4 nitrogen and oxygen atoms in total. The fraction of sp³-hybridized carbons (Fsp3) is 0.250. The van der Waals surface area contributed by atoms with E-state index in [0.717, 1.165) is 5.56 Å². The summed E-state index contributed by atoms with van der Waals surface area (Å²) in [6, 6.07) is 13.4. The first kappa shape index (κ1) is 12.7. The summed E-state index contributed by atoms with van der Waals surface area (Å²) in [5.74, 6) is 1.34. The Kier molecular flexibility index (Phi) is 3.37. The number of fused-ring (bicyclic) bond motifs is 1. The number of carbonyl (C=O) groups excluding carboxylic acids is 1. The van der Waals surface area contributed by atoms with Gasteiger partial charge in [0, 0.05) is 6.20 Å². The molecule has 0 N–H and O–H groups in total. The third kappa shape index (κ3) is 2.50. The normalized spacial score (nSPS) is 17.2. The van der Waals surface area contributed by atoms with E-state index in [9.17, 15) is 4.79 Å². The molecule has 1 aliphatic heterocycles. The standard InChI is InChI=1S/C16H16N2O2/c1-12-11-18(16-14(20-12)8-5-9-17-16)15(19)10-13-6-3-2-4-7-13/h2-9,12H,10-11H2,1H3. The van der Waals surface area contributed by atoms with Crippen molar-refractivity contribution in [3.63, 3.8) is 0 Å². The van der Waals surface area contributed by atoms with Gasteiger partial charge >= 0.3 is 0 Å². The van der Waals surface area contributed by atoms with Crippen LogP contribution in [-0.2, 0) is 11.2 Å². The van der Waals surface area contributed by atoms with Gasteiger partial charge in [-0.2, -0.15) is 0 Å². The molecular weight excluding hydrogens is 252 g/mol. The number of ether oxygens (including phenoxy) is 1. The summed E-state index contributed by atoms with van der Waals surface area (Å²) in [5.41, 5.74) is 1.01. The Labute approximate surface area is 118 Å². The van der Waals surface area contributed by atoms with Crippen LogP contribution in [0.15, 0.2) is 48.7 Å². The van der Waals surface area contributed by atoms with Gasteiger partial charge in [0.1, 0.15) is 6.10 Å². The van der Waals surface area contributed by atoms with E-state index in [4.69, 9.17) is 4.74 Å². The van der Waals surface area contributed by atoms with Crippen LogP contribution in [0.2, 0.25) is 0 Å². The van der Waals surface area contributed by atoms with E-state index < -0.39 is 0 Å². The first-order chi connectivity index (χ1) is 9.74. The Balaban J connectivity index is 1.85. The molecule has 3 rings (SSSR count). The first-order valence-electron chi connectivity index (χ1n) is 6.70. The van der Waals surface area contributed by atoms with Crippen LogP contribution < -0.4 is 9.64 Å². The van der Waals surface area contributed by atoms with E-state index in [2.05, 4.69) is 4.98 Å². The second kappa shape index (κ2) is 5.33. The molecule has 1 atom stereocenters. The summed E-state index contributed by atoms with van der Waals surface area (Å²) >= 11 is 0. The van der Waals surface area contributed by atoms with Gasteiger partial charge in [0.25, 0.3) is 0 Å². The maximum Gasteiger partial charge on any atom is 0.232 e. The van der Waals surface area contributed by atoms with Crippen LogP contribution in [0.1, 0.15) is 12.5 Å². The third-order valence-corrected chi connectivity index (χ3v) is 3.27. The van der Waals surface area contributed by atoms with Gasteiger partial charge in [0.15, 0.2) is 11.6 Å². The number of hydrogen-bond acceptors (Lipinski definition) is 3. The van der Waals surface area contributed by atoms with Gasteiger partial charge in [-0.15, -0.1) is 0 Å². The van der Waals surface area contributed by atoms with E-state index in [-0.39, 0.29) is 12.0 Å². The molecule has 4 heteroatoms. The van der Waals surface area contributed by atoms with Crippen LogP contribution in [0.5, 0.6) is 5.75 Å². The van der Waals surface area contributed by atoms with Gasteiger partial charge in [-0.25, -0.2) is 4.98 Å². The van der Waals surface area contributed by atoms with Crippen LogP contribution >= 0.6 is 0 Å². The molecule has 1 aromatic carbocycles. The van der Waals surface area contributed by atoms with E-state index in [1.54, 1.807) is 11.1 Å². The molecule has 0 spiro atoms. The van der Waals surface area contributed by atoms with Crippen molar-refractivity contribution in [2.45, 2.75) is 19.4 Å². The van der Waals surface area contributed by atoms with Crippen molar-refractivity contribution in [1.29, 1.82) is 0 Å². The highest BCUT2D eigenvalue weighted by molar-refractivity contribution is 5.95. The molecule has 0 fully saturated rings. The summed E-state index contributed by atoms with van der Waals surface area (Å²) in [5, 5.41) is 0. The van der Waals surface area contributed by atoms with Gasteiger partial charge in [-0.1, -0.05) is 30.3 Å². The third-order valence-electron chi connectivity index (χ3n) is 3.27. The summed E-state index contributed by atoms with van der Waals surface area (Å²) in [6.45, 7) is 2.49. The molecule has 20 heavy (non-hydrogen) atoms. The summed E-state index contributed by atoms with van der Waals surface area (Å²) in [6.07, 6.45) is 2.04. The van der Waals surface area contributed by atoms with E-state index in [1.807, 2.05) is 49.4 Å². The second-order valence-electron chi connectivity index (χ2n) is 4.92. The summed E-state index contributed by atoms with van der Waals surface area (Å²) < 4.78 is 5.71. The lowest BCUT2D eigenvalue weighted by Crippen LogP contribution is -2.43. The fourth-order valence-corrected chi connectivity index (χ4v) is 2.36. The monoisotopic (exact) mass is 268 g/mol. The quantitative estimate of drug-likeness (QED) is 0.840. The Hall–Kier alpha value is -2.36. The van der Waals surface area contributed by atoms with Gasteiger partial charge in [-0.05, 0) is 24.6 Å². The minimum Gasteiger partial charge on any atom is -0.485 e. The van der Waals surface area contributed by atoms with Crippen LogP contribution in [0.25, 0.3) is 0 Å². The molecule has 0 radical (unpaired) electrons. The molecule has 1 amide bonds. The van der Waals surface area contributed by atoms with Crippen molar-refractivity contribution in [3.8, 4) is 5.75 Å². The van der Waals surface area contributed by atoms with Gasteiger partial charge in [0.2, 0.25) is 5.91 Å². The first-order valence-corrected chi connectivity index (χ1v) is 6.70. The van der Waals surface area contributed by atoms with Crippen LogP contribution in [-0.4, -0.2) is 23.5 Å². The highest BCUT2D eigenvalue weighted by atomic mass is 16.5. The minimum atomic E-state index is -0.0218. The van der Waals surface area contributed by atoms with Crippen molar-refractivity contribution < 1.29 is 9.53 Å². The molecule has 102 valence electrons. The van der Waals surface area contributed by atoms with E-state index in [1.165, 1.54) is 0 Å². The summed E-state index contributed by atoms with van der Waals surface area (Å²) in [4.78, 5) is 18.5. The number of nitrogens with zero attached hydrogens (tertiary/aromatic N) is 2. The molecule has 1 aromatic heterocycles. The molecular formula is C16H16N2O2. The largest absolute Gasteiger partial charge is 0.485 e. The zero-order valence-electron chi connectivity index (χ0n) is 11.3. The second-order valence-corrected chi connectivity index (χ2v) is 4.92. The number of carbonyl (C=O) groups is 1. The Bertz CT molecular complexity index is 613. The smallest absolute Gasteiger partial charge is 0.232 e. The maximum absolute atomic E-state index is 12.5. The number of hydrogen-bond donors (Lipinski definition) is 0.